The zero-order valence-corrected chi connectivity index (χ0v) is 15.0. The molecule has 3 aromatic heterocycles. The molecule has 7 nitrogen and oxygen atoms in total. The number of H-pyrrole nitrogens is 2. The molecule has 1 fully saturated rings. The van der Waals surface area contributed by atoms with E-state index in [-0.39, 0.29) is 0 Å². The van der Waals surface area contributed by atoms with Crippen molar-refractivity contribution in [3.8, 4) is 0 Å². The molecule has 0 radical (unpaired) electrons. The lowest BCUT2D eigenvalue weighted by atomic mass is 9.91. The van der Waals surface area contributed by atoms with E-state index in [1.54, 1.807) is 12.7 Å². The van der Waals surface area contributed by atoms with Crippen LogP contribution < -0.4 is 4.90 Å². The summed E-state index contributed by atoms with van der Waals surface area (Å²) in [6.07, 6.45) is 8.42. The predicted octanol–water partition coefficient (Wildman–Crippen LogP) is 3.05. The molecule has 4 aromatic rings. The molecule has 5 rings (SSSR count). The maximum atomic E-state index is 4.53. The predicted molar refractivity (Wildman–Crippen MR) is 104 cm³/mol. The molecule has 4 heterocycles. The highest BCUT2D eigenvalue weighted by Crippen LogP contribution is 2.32. The average molecular weight is 359 g/mol. The standard InChI is InChI=1S/C20H21N7/c1-2-5-14(6-3-1)9-16-10-25-26-17(16)15-7-4-8-27(11-15)20-18-19(22-12-21-18)23-13-24-20/h1-3,5-6,10,12-13,15H,4,7-9,11H2,(H,25,26)(H,21,22,23,24)/t15-/m1/s1. The summed E-state index contributed by atoms with van der Waals surface area (Å²) in [5.41, 5.74) is 5.46. The van der Waals surface area contributed by atoms with Crippen LogP contribution in [0.3, 0.4) is 0 Å². The molecule has 0 aliphatic carbocycles. The van der Waals surface area contributed by atoms with Crippen molar-refractivity contribution in [2.24, 2.45) is 0 Å². The van der Waals surface area contributed by atoms with Crippen molar-refractivity contribution in [3.63, 3.8) is 0 Å². The molecule has 0 unspecified atom stereocenters. The Balaban J connectivity index is 1.41. The average Bonchev–Trinajstić information content (AvgIpc) is 3.38. The van der Waals surface area contributed by atoms with E-state index < -0.39 is 0 Å². The lowest BCUT2D eigenvalue weighted by molar-refractivity contribution is 0.496. The number of piperidine rings is 1. The second-order valence-electron chi connectivity index (χ2n) is 7.05. The van der Waals surface area contributed by atoms with Gasteiger partial charge in [-0.2, -0.15) is 5.10 Å². The first-order valence-electron chi connectivity index (χ1n) is 9.33. The van der Waals surface area contributed by atoms with E-state index in [1.807, 2.05) is 6.20 Å². The zero-order valence-electron chi connectivity index (χ0n) is 15.0. The van der Waals surface area contributed by atoms with Gasteiger partial charge in [0.2, 0.25) is 0 Å². The number of anilines is 1. The van der Waals surface area contributed by atoms with Gasteiger partial charge in [-0.15, -0.1) is 0 Å². The Morgan fingerprint density at radius 1 is 1.11 bits per heavy atom. The first-order chi connectivity index (χ1) is 13.4. The van der Waals surface area contributed by atoms with E-state index in [2.05, 4.69) is 65.4 Å². The van der Waals surface area contributed by atoms with Crippen LogP contribution in [-0.4, -0.2) is 43.2 Å². The number of nitrogens with zero attached hydrogens (tertiary/aromatic N) is 5. The Kier molecular flexibility index (Phi) is 4.04. The van der Waals surface area contributed by atoms with Crippen molar-refractivity contribution >= 4 is 17.0 Å². The molecule has 1 saturated heterocycles. The summed E-state index contributed by atoms with van der Waals surface area (Å²) in [6, 6.07) is 10.6. The van der Waals surface area contributed by atoms with Crippen molar-refractivity contribution in [3.05, 3.63) is 66.0 Å². The Hall–Kier alpha value is -3.22. The highest BCUT2D eigenvalue weighted by atomic mass is 15.2. The van der Waals surface area contributed by atoms with Crippen LogP contribution >= 0.6 is 0 Å². The largest absolute Gasteiger partial charge is 0.354 e. The van der Waals surface area contributed by atoms with Crippen LogP contribution in [-0.2, 0) is 6.42 Å². The highest BCUT2D eigenvalue weighted by Gasteiger charge is 2.26. The van der Waals surface area contributed by atoms with E-state index in [1.165, 1.54) is 16.8 Å². The molecule has 2 N–H and O–H groups in total. The number of aromatic nitrogens is 6. The monoisotopic (exact) mass is 359 g/mol. The van der Waals surface area contributed by atoms with Crippen LogP contribution in [0.15, 0.2) is 49.2 Å². The van der Waals surface area contributed by atoms with Crippen molar-refractivity contribution in [2.75, 3.05) is 18.0 Å². The third kappa shape index (κ3) is 3.05. The SMILES string of the molecule is c1ccc(Cc2cn[nH]c2[C@@H]2CCCN(c3ncnc4nc[nH]c34)C2)cc1. The first-order valence-corrected chi connectivity index (χ1v) is 9.33. The number of aromatic amines is 2. The third-order valence-corrected chi connectivity index (χ3v) is 5.32. The van der Waals surface area contributed by atoms with E-state index in [9.17, 15) is 0 Å². The second-order valence-corrected chi connectivity index (χ2v) is 7.05. The summed E-state index contributed by atoms with van der Waals surface area (Å²) in [4.78, 5) is 18.5. The molecular weight excluding hydrogens is 338 g/mol. The fourth-order valence-corrected chi connectivity index (χ4v) is 4.03. The van der Waals surface area contributed by atoms with Gasteiger partial charge in [-0.3, -0.25) is 5.10 Å². The molecule has 1 aliphatic heterocycles. The fraction of sp³-hybridized carbons (Fsp3) is 0.300. The molecule has 0 amide bonds. The minimum atomic E-state index is 0.410. The summed E-state index contributed by atoms with van der Waals surface area (Å²) in [5, 5.41) is 7.62. The minimum Gasteiger partial charge on any atom is -0.354 e. The third-order valence-electron chi connectivity index (χ3n) is 5.32. The lowest BCUT2D eigenvalue weighted by Gasteiger charge is -2.33. The number of hydrogen-bond acceptors (Lipinski definition) is 5. The smallest absolute Gasteiger partial charge is 0.182 e. The highest BCUT2D eigenvalue weighted by molar-refractivity contribution is 5.82. The summed E-state index contributed by atoms with van der Waals surface area (Å²) in [6.45, 7) is 1.90. The van der Waals surface area contributed by atoms with Gasteiger partial charge in [-0.1, -0.05) is 30.3 Å². The van der Waals surface area contributed by atoms with Gasteiger partial charge >= 0.3 is 0 Å². The van der Waals surface area contributed by atoms with Crippen LogP contribution in [0.4, 0.5) is 5.82 Å². The van der Waals surface area contributed by atoms with Crippen LogP contribution in [0.1, 0.15) is 35.6 Å². The minimum absolute atomic E-state index is 0.410. The van der Waals surface area contributed by atoms with Gasteiger partial charge in [0.15, 0.2) is 11.5 Å². The summed E-state index contributed by atoms with van der Waals surface area (Å²) < 4.78 is 0. The van der Waals surface area contributed by atoms with Gasteiger partial charge in [0.25, 0.3) is 0 Å². The molecular formula is C20H21N7. The molecule has 0 saturated carbocycles. The molecule has 0 bridgehead atoms. The molecule has 0 spiro atoms. The van der Waals surface area contributed by atoms with Crippen molar-refractivity contribution in [2.45, 2.75) is 25.2 Å². The topological polar surface area (TPSA) is 86.4 Å². The van der Waals surface area contributed by atoms with E-state index in [0.717, 1.165) is 43.7 Å². The number of imidazole rings is 1. The van der Waals surface area contributed by atoms with Crippen molar-refractivity contribution in [1.82, 2.24) is 30.1 Å². The number of fused-ring (bicyclic) bond motifs is 1. The van der Waals surface area contributed by atoms with Gasteiger partial charge in [-0.25, -0.2) is 15.0 Å². The van der Waals surface area contributed by atoms with E-state index in [4.69, 9.17) is 0 Å². The number of hydrogen-bond donors (Lipinski definition) is 2. The van der Waals surface area contributed by atoms with Crippen molar-refractivity contribution < 1.29 is 0 Å². The van der Waals surface area contributed by atoms with Crippen molar-refractivity contribution in [1.29, 1.82) is 0 Å². The van der Waals surface area contributed by atoms with Gasteiger partial charge in [-0.05, 0) is 24.0 Å². The Labute approximate surface area is 156 Å². The first kappa shape index (κ1) is 16.0. The Morgan fingerprint density at radius 2 is 2.04 bits per heavy atom. The molecule has 27 heavy (non-hydrogen) atoms. The summed E-state index contributed by atoms with van der Waals surface area (Å²) in [5.74, 6) is 1.35. The maximum absolute atomic E-state index is 4.53. The van der Waals surface area contributed by atoms with Crippen LogP contribution in [0.25, 0.3) is 11.2 Å². The van der Waals surface area contributed by atoms with E-state index in [0.29, 0.717) is 11.6 Å². The number of benzene rings is 1. The lowest BCUT2D eigenvalue weighted by Crippen LogP contribution is -2.35. The summed E-state index contributed by atoms with van der Waals surface area (Å²) >= 11 is 0. The quantitative estimate of drug-likeness (QED) is 0.585. The van der Waals surface area contributed by atoms with Crippen LogP contribution in [0.5, 0.6) is 0 Å². The van der Waals surface area contributed by atoms with Crippen LogP contribution in [0, 0.1) is 0 Å². The van der Waals surface area contributed by atoms with E-state index >= 15 is 0 Å². The number of rotatable bonds is 4. The Morgan fingerprint density at radius 3 is 2.96 bits per heavy atom. The molecule has 1 aromatic carbocycles. The molecule has 136 valence electrons. The van der Waals surface area contributed by atoms with Gasteiger partial charge in [0.1, 0.15) is 11.8 Å². The summed E-state index contributed by atoms with van der Waals surface area (Å²) in [7, 11) is 0. The fourth-order valence-electron chi connectivity index (χ4n) is 4.03. The Bertz CT molecular complexity index is 1040. The van der Waals surface area contributed by atoms with Gasteiger partial charge in [0.05, 0.1) is 12.5 Å². The molecule has 7 heteroatoms. The second kappa shape index (κ2) is 6.83. The normalized spacial score (nSPS) is 17.5. The molecule has 1 atom stereocenters. The van der Waals surface area contributed by atoms with Gasteiger partial charge < -0.3 is 9.88 Å². The maximum Gasteiger partial charge on any atom is 0.182 e. The van der Waals surface area contributed by atoms with Gasteiger partial charge in [0, 0.05) is 31.1 Å². The molecule has 1 aliphatic rings. The van der Waals surface area contributed by atoms with Crippen LogP contribution in [0.2, 0.25) is 0 Å². The number of nitrogens with one attached hydrogen (secondary N) is 2. The zero-order chi connectivity index (χ0) is 18.1.